The third kappa shape index (κ3) is 6.18. The monoisotopic (exact) mass is 494 g/mol. The Balaban J connectivity index is 1.29. The lowest BCUT2D eigenvalue weighted by Gasteiger charge is -2.41. The first kappa shape index (κ1) is 25.1. The molecule has 4 rings (SSSR count). The summed E-state index contributed by atoms with van der Waals surface area (Å²) in [5.41, 5.74) is 4.49. The normalized spacial score (nSPS) is 15.6. The number of likely N-dealkylation sites (tertiary alicyclic amines) is 1. The summed E-state index contributed by atoms with van der Waals surface area (Å²) in [7, 11) is 0. The molecule has 1 amide bonds. The van der Waals surface area contributed by atoms with Crippen molar-refractivity contribution in [2.45, 2.75) is 58.7 Å². The summed E-state index contributed by atoms with van der Waals surface area (Å²) >= 11 is 1.74. The van der Waals surface area contributed by atoms with E-state index >= 15 is 0 Å². The topological polar surface area (TPSA) is 72.6 Å². The zero-order valence-electron chi connectivity index (χ0n) is 20.9. The zero-order valence-corrected chi connectivity index (χ0v) is 21.7. The van der Waals surface area contributed by atoms with Crippen LogP contribution >= 0.6 is 11.3 Å². The van der Waals surface area contributed by atoms with Gasteiger partial charge in [0.05, 0.1) is 11.9 Å². The lowest BCUT2D eigenvalue weighted by atomic mass is 9.99. The molecule has 4 heterocycles. The van der Waals surface area contributed by atoms with E-state index in [2.05, 4.69) is 49.9 Å². The number of aryl methyl sites for hydroxylation is 1. The summed E-state index contributed by atoms with van der Waals surface area (Å²) in [6, 6.07) is 9.00. The number of hydrogen-bond donors (Lipinski definition) is 2. The molecule has 1 saturated heterocycles. The number of rotatable bonds is 9. The smallest absolute Gasteiger partial charge is 0.258 e. The van der Waals surface area contributed by atoms with Gasteiger partial charge in [-0.1, -0.05) is 0 Å². The Kier molecular flexibility index (Phi) is 8.36. The van der Waals surface area contributed by atoms with Crippen LogP contribution in [0.25, 0.3) is 0 Å². The van der Waals surface area contributed by atoms with Crippen LogP contribution < -0.4 is 14.9 Å². The summed E-state index contributed by atoms with van der Waals surface area (Å²) in [4.78, 5) is 22.1. The number of anilines is 1. The molecular weight excluding hydrogens is 458 g/mol. The van der Waals surface area contributed by atoms with Crippen LogP contribution in [0.5, 0.6) is 0 Å². The minimum absolute atomic E-state index is 0.130. The van der Waals surface area contributed by atoms with Crippen molar-refractivity contribution >= 4 is 22.9 Å². The number of thiophene rings is 1. The number of piperidine rings is 1. The van der Waals surface area contributed by atoms with E-state index < -0.39 is 0 Å². The second-order valence-corrected chi connectivity index (χ2v) is 10.2. The van der Waals surface area contributed by atoms with E-state index in [0.29, 0.717) is 29.9 Å². The molecule has 0 radical (unpaired) electrons. The third-order valence-electron chi connectivity index (χ3n) is 7.11. The van der Waals surface area contributed by atoms with E-state index in [1.54, 1.807) is 30.5 Å². The maximum Gasteiger partial charge on any atom is 0.258 e. The highest BCUT2D eigenvalue weighted by Gasteiger charge is 2.28. The molecule has 8 heteroatoms. The fraction of sp³-hybridized carbons (Fsp3) is 0.444. The zero-order chi connectivity index (χ0) is 24.8. The number of nitrogens with zero attached hydrogens (tertiary/aromatic N) is 4. The Morgan fingerprint density at radius 1 is 1.31 bits per heavy atom. The largest absolute Gasteiger partial charge is 0.363 e. The summed E-state index contributed by atoms with van der Waals surface area (Å²) in [6.07, 6.45) is 8.46. The molecule has 35 heavy (non-hydrogen) atoms. The number of aromatic nitrogens is 2. The molecule has 1 fully saturated rings. The number of nitrogens with one attached hydrogen (secondary N) is 1. The second-order valence-electron chi connectivity index (χ2n) is 9.44. The van der Waals surface area contributed by atoms with Gasteiger partial charge in [0.2, 0.25) is 11.9 Å². The van der Waals surface area contributed by atoms with E-state index in [1.165, 1.54) is 11.3 Å². The molecule has 1 aliphatic rings. The average molecular weight is 495 g/mol. The third-order valence-corrected chi connectivity index (χ3v) is 7.85. The first-order valence-electron chi connectivity index (χ1n) is 12.3. The summed E-state index contributed by atoms with van der Waals surface area (Å²) in [6.45, 7) is 9.50. The number of carbonyl (C=O) groups excluding carboxylic acids is 1. The number of amides is 1. The van der Waals surface area contributed by atoms with E-state index in [1.807, 2.05) is 25.4 Å². The van der Waals surface area contributed by atoms with E-state index in [-0.39, 0.29) is 5.91 Å². The van der Waals surface area contributed by atoms with E-state index in [0.717, 1.165) is 49.2 Å². The van der Waals surface area contributed by atoms with Crippen molar-refractivity contribution in [3.63, 3.8) is 0 Å². The Morgan fingerprint density at radius 3 is 2.80 bits per heavy atom. The second kappa shape index (κ2) is 11.6. The SMILES string of the molecule is Cc1cc[n+](O)c(C)c1C(=O)NCCC(C)N1CCC(N(Cc2ccsc2)c2cccnc2)CC1. The molecule has 3 aromatic heterocycles. The van der Waals surface area contributed by atoms with Crippen LogP contribution in [0, 0.1) is 13.8 Å². The van der Waals surface area contributed by atoms with Gasteiger partial charge in [-0.2, -0.15) is 11.3 Å². The van der Waals surface area contributed by atoms with Gasteiger partial charge in [-0.3, -0.25) is 15.0 Å². The van der Waals surface area contributed by atoms with Gasteiger partial charge in [-0.15, -0.1) is 0 Å². The maximum absolute atomic E-state index is 12.7. The fourth-order valence-electron chi connectivity index (χ4n) is 4.96. The summed E-state index contributed by atoms with van der Waals surface area (Å²) in [5.74, 6) is -0.130. The van der Waals surface area contributed by atoms with Gasteiger partial charge in [0.1, 0.15) is 5.56 Å². The van der Waals surface area contributed by atoms with Gasteiger partial charge in [0.25, 0.3) is 5.91 Å². The first-order chi connectivity index (χ1) is 16.9. The van der Waals surface area contributed by atoms with Crippen molar-refractivity contribution in [1.29, 1.82) is 0 Å². The molecule has 186 valence electrons. The van der Waals surface area contributed by atoms with Crippen molar-refractivity contribution in [2.75, 3.05) is 24.5 Å². The molecule has 0 saturated carbocycles. The molecule has 1 atom stereocenters. The predicted octanol–water partition coefficient (Wildman–Crippen LogP) is 3.96. The Morgan fingerprint density at radius 2 is 2.11 bits per heavy atom. The molecule has 0 aromatic carbocycles. The van der Waals surface area contributed by atoms with Crippen molar-refractivity contribution in [3.05, 3.63) is 76.0 Å². The number of hydrogen-bond acceptors (Lipinski definition) is 6. The first-order valence-corrected chi connectivity index (χ1v) is 13.3. The Hall–Kier alpha value is -2.97. The minimum Gasteiger partial charge on any atom is -0.363 e. The van der Waals surface area contributed by atoms with Crippen LogP contribution in [-0.4, -0.2) is 52.7 Å². The van der Waals surface area contributed by atoms with Gasteiger partial charge < -0.3 is 15.1 Å². The van der Waals surface area contributed by atoms with Crippen molar-refractivity contribution in [1.82, 2.24) is 15.2 Å². The number of carbonyl (C=O) groups is 1. The molecule has 2 N–H and O–H groups in total. The molecule has 1 unspecified atom stereocenters. The quantitative estimate of drug-likeness (QED) is 0.348. The van der Waals surface area contributed by atoms with E-state index in [9.17, 15) is 10.0 Å². The summed E-state index contributed by atoms with van der Waals surface area (Å²) in [5, 5.41) is 17.3. The Bertz CT molecular complexity index is 1100. The van der Waals surface area contributed by atoms with Gasteiger partial charge in [0.15, 0.2) is 0 Å². The van der Waals surface area contributed by atoms with Crippen LogP contribution in [0.3, 0.4) is 0 Å². The molecule has 7 nitrogen and oxygen atoms in total. The lowest BCUT2D eigenvalue weighted by molar-refractivity contribution is -0.908. The fourth-order valence-corrected chi connectivity index (χ4v) is 5.62. The predicted molar refractivity (Wildman–Crippen MR) is 139 cm³/mol. The minimum atomic E-state index is -0.130. The molecule has 0 spiro atoms. The molecule has 3 aromatic rings. The highest BCUT2D eigenvalue weighted by Crippen LogP contribution is 2.27. The van der Waals surface area contributed by atoms with Gasteiger partial charge in [-0.05, 0) is 73.2 Å². The van der Waals surface area contributed by atoms with E-state index in [4.69, 9.17) is 0 Å². The maximum atomic E-state index is 12.7. The van der Waals surface area contributed by atoms with Crippen LogP contribution in [-0.2, 0) is 6.54 Å². The van der Waals surface area contributed by atoms with Gasteiger partial charge >= 0.3 is 0 Å². The average Bonchev–Trinajstić information content (AvgIpc) is 3.39. The van der Waals surface area contributed by atoms with Crippen LogP contribution in [0.15, 0.2) is 53.6 Å². The molecule has 1 aliphatic heterocycles. The van der Waals surface area contributed by atoms with Crippen LogP contribution in [0.2, 0.25) is 0 Å². The van der Waals surface area contributed by atoms with Crippen molar-refractivity contribution in [2.24, 2.45) is 0 Å². The van der Waals surface area contributed by atoms with Crippen LogP contribution in [0.1, 0.15) is 53.4 Å². The summed E-state index contributed by atoms with van der Waals surface area (Å²) < 4.78 is 1.00. The Labute approximate surface area is 212 Å². The lowest BCUT2D eigenvalue weighted by Crippen LogP contribution is -2.48. The van der Waals surface area contributed by atoms with Crippen LogP contribution in [0.4, 0.5) is 5.69 Å². The molecule has 0 bridgehead atoms. The highest BCUT2D eigenvalue weighted by molar-refractivity contribution is 7.07. The highest BCUT2D eigenvalue weighted by atomic mass is 32.1. The van der Waals surface area contributed by atoms with Crippen molar-refractivity contribution in [3.8, 4) is 0 Å². The van der Waals surface area contributed by atoms with Crippen molar-refractivity contribution < 1.29 is 14.7 Å². The standard InChI is InChI=1S/C27H35N5O2S/c1-20-7-15-32(34)22(3)26(20)27(33)29-12-6-21(2)30-13-8-24(9-14-30)31(18-23-10-16-35-19-23)25-5-4-11-28-17-25/h4-5,7,10-11,15-17,19,21,24H,6,8-9,12-14,18H2,1-3H3,(H-,29,33,34)/p+1. The number of pyridine rings is 2. The van der Waals surface area contributed by atoms with Gasteiger partial charge in [-0.25, -0.2) is 0 Å². The van der Waals surface area contributed by atoms with Gasteiger partial charge in [0, 0.05) is 62.2 Å². The molecule has 0 aliphatic carbocycles. The molecular formula is C27H36N5O2S+.